The van der Waals surface area contributed by atoms with Crippen molar-refractivity contribution in [3.63, 3.8) is 0 Å². The van der Waals surface area contributed by atoms with Crippen molar-refractivity contribution in [2.24, 2.45) is 4.99 Å². The molecule has 1 N–H and O–H groups in total. The van der Waals surface area contributed by atoms with E-state index in [-0.39, 0.29) is 6.04 Å². The number of ether oxygens (including phenoxy) is 1. The summed E-state index contributed by atoms with van der Waals surface area (Å²) in [5, 5.41) is 3.48. The Labute approximate surface area is 103 Å². The second-order valence-corrected chi connectivity index (χ2v) is 4.43. The van der Waals surface area contributed by atoms with Gasteiger partial charge in [0.25, 0.3) is 0 Å². The normalized spacial score (nSPS) is 17.2. The highest BCUT2D eigenvalue weighted by atomic mass is 16.5. The first-order valence-electron chi connectivity index (χ1n) is 6.23. The van der Waals surface area contributed by atoms with Crippen molar-refractivity contribution >= 4 is 5.84 Å². The number of methoxy groups -OCH3 is 1. The Hall–Kier alpha value is -1.51. The van der Waals surface area contributed by atoms with Crippen LogP contribution in [0.2, 0.25) is 0 Å². The van der Waals surface area contributed by atoms with E-state index < -0.39 is 0 Å². The maximum Gasteiger partial charge on any atom is 0.119 e. The molecule has 3 heteroatoms. The highest BCUT2D eigenvalue weighted by Crippen LogP contribution is 2.19. The highest BCUT2D eigenvalue weighted by molar-refractivity contribution is 5.83. The lowest BCUT2D eigenvalue weighted by Gasteiger charge is -2.20. The van der Waals surface area contributed by atoms with Gasteiger partial charge < -0.3 is 10.1 Å². The fourth-order valence-electron chi connectivity index (χ4n) is 2.06. The van der Waals surface area contributed by atoms with Gasteiger partial charge in [-0.1, -0.05) is 12.1 Å². The third kappa shape index (κ3) is 3.22. The molecule has 2 rings (SSSR count). The van der Waals surface area contributed by atoms with E-state index in [0.717, 1.165) is 24.6 Å². The third-order valence-electron chi connectivity index (χ3n) is 3.10. The quantitative estimate of drug-likeness (QED) is 0.869. The molecule has 0 aliphatic carbocycles. The van der Waals surface area contributed by atoms with E-state index in [9.17, 15) is 0 Å². The maximum absolute atomic E-state index is 5.24. The Kier molecular flexibility index (Phi) is 4.02. The molecule has 92 valence electrons. The minimum absolute atomic E-state index is 0.280. The largest absolute Gasteiger partial charge is 0.497 e. The molecule has 0 spiro atoms. The van der Waals surface area contributed by atoms with Gasteiger partial charge in [0.2, 0.25) is 0 Å². The molecule has 0 fully saturated rings. The second kappa shape index (κ2) is 5.71. The van der Waals surface area contributed by atoms with Crippen molar-refractivity contribution in [2.45, 2.75) is 32.2 Å². The molecule has 0 bridgehead atoms. The van der Waals surface area contributed by atoms with Gasteiger partial charge in [0, 0.05) is 19.0 Å². The molecule has 1 aromatic carbocycles. The van der Waals surface area contributed by atoms with Gasteiger partial charge in [-0.3, -0.25) is 4.99 Å². The Morgan fingerprint density at radius 3 is 2.94 bits per heavy atom. The Bertz CT molecular complexity index is 401. The van der Waals surface area contributed by atoms with Crippen LogP contribution in [0.5, 0.6) is 5.75 Å². The topological polar surface area (TPSA) is 33.6 Å². The van der Waals surface area contributed by atoms with Crippen LogP contribution in [0.25, 0.3) is 0 Å². The molecule has 1 aliphatic heterocycles. The van der Waals surface area contributed by atoms with E-state index in [1.807, 2.05) is 12.1 Å². The van der Waals surface area contributed by atoms with E-state index in [1.54, 1.807) is 7.11 Å². The number of nitrogens with one attached hydrogen (secondary N) is 1. The molecular weight excluding hydrogens is 212 g/mol. The third-order valence-corrected chi connectivity index (χ3v) is 3.10. The van der Waals surface area contributed by atoms with Crippen molar-refractivity contribution in [3.05, 3.63) is 29.8 Å². The van der Waals surface area contributed by atoms with Crippen LogP contribution in [0, 0.1) is 0 Å². The minimum Gasteiger partial charge on any atom is -0.497 e. The molecule has 0 saturated carbocycles. The van der Waals surface area contributed by atoms with E-state index in [1.165, 1.54) is 18.4 Å². The van der Waals surface area contributed by atoms with Crippen LogP contribution >= 0.6 is 0 Å². The van der Waals surface area contributed by atoms with E-state index in [2.05, 4.69) is 29.4 Å². The molecule has 1 aromatic rings. The predicted molar refractivity (Wildman–Crippen MR) is 70.7 cm³/mol. The predicted octanol–water partition coefficient (Wildman–Crippen LogP) is 2.93. The zero-order valence-electron chi connectivity index (χ0n) is 10.6. The summed E-state index contributed by atoms with van der Waals surface area (Å²) in [5.41, 5.74) is 1.23. The first-order chi connectivity index (χ1) is 8.29. The average molecular weight is 232 g/mol. The van der Waals surface area contributed by atoms with Crippen molar-refractivity contribution in [1.82, 2.24) is 5.32 Å². The van der Waals surface area contributed by atoms with Crippen LogP contribution in [0.3, 0.4) is 0 Å². The summed E-state index contributed by atoms with van der Waals surface area (Å²) < 4.78 is 5.24. The first kappa shape index (κ1) is 12.0. The smallest absolute Gasteiger partial charge is 0.119 e. The van der Waals surface area contributed by atoms with Gasteiger partial charge in [0.05, 0.1) is 12.9 Å². The molecule has 0 saturated heterocycles. The number of nitrogens with zero attached hydrogens (tertiary/aromatic N) is 1. The fourth-order valence-corrected chi connectivity index (χ4v) is 2.06. The first-order valence-corrected chi connectivity index (χ1v) is 6.23. The molecule has 1 heterocycles. The summed E-state index contributed by atoms with van der Waals surface area (Å²) in [4.78, 5) is 4.51. The van der Waals surface area contributed by atoms with E-state index >= 15 is 0 Å². The molecule has 0 aromatic heterocycles. The minimum atomic E-state index is 0.280. The summed E-state index contributed by atoms with van der Waals surface area (Å²) >= 11 is 0. The average Bonchev–Trinajstić information content (AvgIpc) is 2.40. The van der Waals surface area contributed by atoms with Gasteiger partial charge in [-0.2, -0.15) is 0 Å². The molecule has 3 nitrogen and oxygen atoms in total. The highest BCUT2D eigenvalue weighted by Gasteiger charge is 2.10. The van der Waals surface area contributed by atoms with Crippen LogP contribution in [-0.4, -0.2) is 19.5 Å². The van der Waals surface area contributed by atoms with Crippen LogP contribution < -0.4 is 10.1 Å². The maximum atomic E-state index is 5.24. The van der Waals surface area contributed by atoms with Crippen LogP contribution in [-0.2, 0) is 0 Å². The lowest BCUT2D eigenvalue weighted by atomic mass is 10.1. The molecule has 0 amide bonds. The Morgan fingerprint density at radius 1 is 1.35 bits per heavy atom. The number of hydrogen-bond acceptors (Lipinski definition) is 3. The molecule has 1 aliphatic rings. The number of rotatable bonds is 3. The van der Waals surface area contributed by atoms with E-state index in [0.29, 0.717) is 0 Å². The number of aliphatic imine (C=N–C) groups is 1. The SMILES string of the molecule is COc1cccc([C@H](C)NC2=NCCCC2)c1. The monoisotopic (exact) mass is 232 g/mol. The molecule has 1 atom stereocenters. The lowest BCUT2D eigenvalue weighted by molar-refractivity contribution is 0.413. The zero-order valence-corrected chi connectivity index (χ0v) is 10.6. The molecule has 0 radical (unpaired) electrons. The lowest BCUT2D eigenvalue weighted by Crippen LogP contribution is -2.28. The van der Waals surface area contributed by atoms with Gasteiger partial charge in [-0.15, -0.1) is 0 Å². The van der Waals surface area contributed by atoms with Gasteiger partial charge in [-0.25, -0.2) is 0 Å². The van der Waals surface area contributed by atoms with Gasteiger partial charge in [-0.05, 0) is 37.5 Å². The van der Waals surface area contributed by atoms with Gasteiger partial charge >= 0.3 is 0 Å². The number of hydrogen-bond donors (Lipinski definition) is 1. The second-order valence-electron chi connectivity index (χ2n) is 4.43. The van der Waals surface area contributed by atoms with Gasteiger partial charge in [0.15, 0.2) is 0 Å². The molecule has 17 heavy (non-hydrogen) atoms. The van der Waals surface area contributed by atoms with Crippen molar-refractivity contribution in [1.29, 1.82) is 0 Å². The fraction of sp³-hybridized carbons (Fsp3) is 0.500. The van der Waals surface area contributed by atoms with E-state index in [4.69, 9.17) is 4.74 Å². The van der Waals surface area contributed by atoms with Crippen molar-refractivity contribution in [2.75, 3.05) is 13.7 Å². The van der Waals surface area contributed by atoms with Gasteiger partial charge in [0.1, 0.15) is 5.75 Å². The van der Waals surface area contributed by atoms with Crippen LogP contribution in [0.4, 0.5) is 0 Å². The van der Waals surface area contributed by atoms with Crippen LogP contribution in [0.1, 0.15) is 37.8 Å². The summed E-state index contributed by atoms with van der Waals surface area (Å²) in [7, 11) is 1.70. The summed E-state index contributed by atoms with van der Waals surface area (Å²) in [6, 6.07) is 8.45. The number of benzene rings is 1. The summed E-state index contributed by atoms with van der Waals surface area (Å²) in [6.07, 6.45) is 3.55. The Morgan fingerprint density at radius 2 is 2.24 bits per heavy atom. The standard InChI is InChI=1S/C14H20N2O/c1-11(16-14-8-3-4-9-15-14)12-6-5-7-13(10-12)17-2/h5-7,10-11H,3-4,8-9H2,1-2H3,(H,15,16)/t11-/m0/s1. The summed E-state index contributed by atoms with van der Waals surface area (Å²) in [6.45, 7) is 3.12. The van der Waals surface area contributed by atoms with Crippen LogP contribution in [0.15, 0.2) is 29.3 Å². The number of amidine groups is 1. The van der Waals surface area contributed by atoms with Crippen molar-refractivity contribution in [3.8, 4) is 5.75 Å². The molecule has 0 unspecified atom stereocenters. The van der Waals surface area contributed by atoms with Crippen molar-refractivity contribution < 1.29 is 4.74 Å². The summed E-state index contributed by atoms with van der Waals surface area (Å²) in [5.74, 6) is 2.05. The molecular formula is C14H20N2O. The zero-order chi connectivity index (χ0) is 12.1. The Balaban J connectivity index is 2.03.